The summed E-state index contributed by atoms with van der Waals surface area (Å²) in [5.74, 6) is 0.427. The second-order valence-electron chi connectivity index (χ2n) is 3.27. The third kappa shape index (κ3) is 1.16. The molecule has 0 aromatic heterocycles. The molecule has 0 aliphatic heterocycles. The van der Waals surface area contributed by atoms with E-state index in [1.807, 2.05) is 12.1 Å². The zero-order valence-electron chi connectivity index (χ0n) is 6.62. The minimum absolute atomic E-state index is 0.0731. The van der Waals surface area contributed by atoms with Crippen LogP contribution >= 0.6 is 0 Å². The van der Waals surface area contributed by atoms with Gasteiger partial charge >= 0.3 is 0 Å². The zero-order chi connectivity index (χ0) is 7.84. The van der Waals surface area contributed by atoms with Crippen LogP contribution in [0.2, 0.25) is 0 Å². The van der Waals surface area contributed by atoms with E-state index in [2.05, 4.69) is 19.1 Å². The average molecular weight is 148 g/mol. The highest BCUT2D eigenvalue weighted by Crippen LogP contribution is 2.41. The third-order valence-corrected chi connectivity index (χ3v) is 2.34. The van der Waals surface area contributed by atoms with Gasteiger partial charge in [-0.25, -0.2) is 0 Å². The molecule has 0 saturated heterocycles. The molecule has 0 heterocycles. The number of rotatable bonds is 1. The minimum Gasteiger partial charge on any atom is -0.392 e. The molecular weight excluding hydrogens is 136 g/mol. The SMILES string of the molecule is Cc1ccccc1C1CC1O. The fourth-order valence-electron chi connectivity index (χ4n) is 1.52. The van der Waals surface area contributed by atoms with E-state index < -0.39 is 0 Å². The largest absolute Gasteiger partial charge is 0.392 e. The van der Waals surface area contributed by atoms with E-state index in [1.54, 1.807) is 0 Å². The Labute approximate surface area is 66.7 Å². The fourth-order valence-corrected chi connectivity index (χ4v) is 1.52. The topological polar surface area (TPSA) is 20.2 Å². The second-order valence-corrected chi connectivity index (χ2v) is 3.27. The summed E-state index contributed by atoms with van der Waals surface area (Å²) in [5, 5.41) is 9.20. The average Bonchev–Trinajstić information content (AvgIpc) is 2.68. The maximum atomic E-state index is 9.20. The Hall–Kier alpha value is -0.820. The monoisotopic (exact) mass is 148 g/mol. The second kappa shape index (κ2) is 2.35. The van der Waals surface area contributed by atoms with Crippen molar-refractivity contribution in [2.24, 2.45) is 0 Å². The molecule has 0 amide bonds. The number of hydrogen-bond donors (Lipinski definition) is 1. The minimum atomic E-state index is -0.0731. The van der Waals surface area contributed by atoms with Crippen molar-refractivity contribution in [3.8, 4) is 0 Å². The van der Waals surface area contributed by atoms with Gasteiger partial charge in [0.15, 0.2) is 0 Å². The summed E-state index contributed by atoms with van der Waals surface area (Å²) in [6.07, 6.45) is 0.876. The molecule has 0 spiro atoms. The third-order valence-electron chi connectivity index (χ3n) is 2.34. The van der Waals surface area contributed by atoms with E-state index in [1.165, 1.54) is 11.1 Å². The van der Waals surface area contributed by atoms with E-state index >= 15 is 0 Å². The van der Waals surface area contributed by atoms with Crippen molar-refractivity contribution in [1.29, 1.82) is 0 Å². The lowest BCUT2D eigenvalue weighted by atomic mass is 10.1. The summed E-state index contributed by atoms with van der Waals surface area (Å²) in [7, 11) is 0. The summed E-state index contributed by atoms with van der Waals surface area (Å²) in [5.41, 5.74) is 2.62. The Bertz CT molecular complexity index is 267. The summed E-state index contributed by atoms with van der Waals surface area (Å²) in [6.45, 7) is 2.10. The van der Waals surface area contributed by atoms with E-state index in [4.69, 9.17) is 0 Å². The van der Waals surface area contributed by atoms with Crippen LogP contribution in [-0.2, 0) is 0 Å². The van der Waals surface area contributed by atoms with Gasteiger partial charge in [0.05, 0.1) is 6.10 Å². The van der Waals surface area contributed by atoms with Crippen molar-refractivity contribution < 1.29 is 5.11 Å². The Morgan fingerprint density at radius 3 is 2.55 bits per heavy atom. The first-order valence-corrected chi connectivity index (χ1v) is 4.02. The first-order chi connectivity index (χ1) is 5.29. The van der Waals surface area contributed by atoms with Crippen molar-refractivity contribution in [3.05, 3.63) is 35.4 Å². The van der Waals surface area contributed by atoms with Crippen molar-refractivity contribution in [3.63, 3.8) is 0 Å². The molecule has 2 unspecified atom stereocenters. The van der Waals surface area contributed by atoms with Crippen LogP contribution in [0.5, 0.6) is 0 Å². The highest BCUT2D eigenvalue weighted by atomic mass is 16.3. The molecule has 1 aliphatic rings. The van der Waals surface area contributed by atoms with E-state index in [-0.39, 0.29) is 6.10 Å². The molecule has 1 aromatic rings. The van der Waals surface area contributed by atoms with Gasteiger partial charge in [0.1, 0.15) is 0 Å². The number of aryl methyl sites for hydroxylation is 1. The quantitative estimate of drug-likeness (QED) is 0.644. The van der Waals surface area contributed by atoms with E-state index in [0.717, 1.165) is 6.42 Å². The van der Waals surface area contributed by atoms with Gasteiger partial charge in [-0.05, 0) is 24.5 Å². The molecule has 2 rings (SSSR count). The van der Waals surface area contributed by atoms with Gasteiger partial charge < -0.3 is 5.11 Å². The van der Waals surface area contributed by atoms with Crippen LogP contribution in [0, 0.1) is 6.92 Å². The van der Waals surface area contributed by atoms with Crippen LogP contribution in [-0.4, -0.2) is 11.2 Å². The lowest BCUT2D eigenvalue weighted by Crippen LogP contribution is -1.88. The number of aliphatic hydroxyl groups excluding tert-OH is 1. The lowest BCUT2D eigenvalue weighted by Gasteiger charge is -2.01. The molecule has 11 heavy (non-hydrogen) atoms. The maximum Gasteiger partial charge on any atom is 0.0616 e. The van der Waals surface area contributed by atoms with Crippen LogP contribution in [0.1, 0.15) is 23.5 Å². The van der Waals surface area contributed by atoms with E-state index in [0.29, 0.717) is 5.92 Å². The Balaban J connectivity index is 2.31. The molecule has 1 nitrogen and oxygen atoms in total. The predicted octanol–water partition coefficient (Wildman–Crippen LogP) is 1.84. The van der Waals surface area contributed by atoms with Crippen molar-refractivity contribution >= 4 is 0 Å². The molecule has 1 aromatic carbocycles. The molecule has 0 bridgehead atoms. The van der Waals surface area contributed by atoms with Crippen molar-refractivity contribution in [2.75, 3.05) is 0 Å². The number of aliphatic hydroxyl groups is 1. The molecule has 0 radical (unpaired) electrons. The molecule has 1 saturated carbocycles. The first kappa shape index (κ1) is 6.86. The zero-order valence-corrected chi connectivity index (χ0v) is 6.62. The first-order valence-electron chi connectivity index (χ1n) is 4.02. The van der Waals surface area contributed by atoms with Gasteiger partial charge in [-0.1, -0.05) is 24.3 Å². The van der Waals surface area contributed by atoms with E-state index in [9.17, 15) is 5.11 Å². The predicted molar refractivity (Wildman–Crippen MR) is 44.5 cm³/mol. The van der Waals surface area contributed by atoms with Crippen LogP contribution in [0.4, 0.5) is 0 Å². The molecule has 2 atom stereocenters. The molecule has 1 aliphatic carbocycles. The number of hydrogen-bond acceptors (Lipinski definition) is 1. The van der Waals surface area contributed by atoms with Gasteiger partial charge in [0, 0.05) is 5.92 Å². The fraction of sp³-hybridized carbons (Fsp3) is 0.400. The Morgan fingerprint density at radius 1 is 1.36 bits per heavy atom. The molecule has 58 valence electrons. The van der Waals surface area contributed by atoms with Gasteiger partial charge in [-0.3, -0.25) is 0 Å². The molecular formula is C10H12O. The smallest absolute Gasteiger partial charge is 0.0616 e. The molecule has 1 fully saturated rings. The van der Waals surface area contributed by atoms with Crippen molar-refractivity contribution in [1.82, 2.24) is 0 Å². The summed E-state index contributed by atoms with van der Waals surface area (Å²) < 4.78 is 0. The Kier molecular flexibility index (Phi) is 1.46. The van der Waals surface area contributed by atoms with Crippen LogP contribution < -0.4 is 0 Å². The van der Waals surface area contributed by atoms with Gasteiger partial charge in [0.25, 0.3) is 0 Å². The molecule has 1 N–H and O–H groups in total. The summed E-state index contributed by atoms with van der Waals surface area (Å²) in [4.78, 5) is 0. The van der Waals surface area contributed by atoms with Crippen LogP contribution in [0.25, 0.3) is 0 Å². The Morgan fingerprint density at radius 2 is 2.00 bits per heavy atom. The number of benzene rings is 1. The van der Waals surface area contributed by atoms with Gasteiger partial charge in [-0.2, -0.15) is 0 Å². The molecule has 1 heteroatoms. The standard InChI is InChI=1S/C10H12O/c1-7-4-2-3-5-8(7)9-6-10(9)11/h2-5,9-11H,6H2,1H3. The normalized spacial score (nSPS) is 28.5. The highest BCUT2D eigenvalue weighted by molar-refractivity contribution is 5.33. The van der Waals surface area contributed by atoms with Gasteiger partial charge in [-0.15, -0.1) is 0 Å². The van der Waals surface area contributed by atoms with Crippen molar-refractivity contribution in [2.45, 2.75) is 25.4 Å². The highest BCUT2D eigenvalue weighted by Gasteiger charge is 2.37. The van der Waals surface area contributed by atoms with Gasteiger partial charge in [0.2, 0.25) is 0 Å². The summed E-state index contributed by atoms with van der Waals surface area (Å²) >= 11 is 0. The lowest BCUT2D eigenvalue weighted by molar-refractivity contribution is 0.271. The summed E-state index contributed by atoms with van der Waals surface area (Å²) in [6, 6.07) is 8.28. The maximum absolute atomic E-state index is 9.20. The van der Waals surface area contributed by atoms with Crippen LogP contribution in [0.15, 0.2) is 24.3 Å². The van der Waals surface area contributed by atoms with Crippen LogP contribution in [0.3, 0.4) is 0 Å².